The Hall–Kier alpha value is -0.540. The summed E-state index contributed by atoms with van der Waals surface area (Å²) in [6, 6.07) is 5.09. The minimum Gasteiger partial charge on any atom is -0.330 e. The number of hydrogen-bond acceptors (Lipinski definition) is 2. The van der Waals surface area contributed by atoms with Crippen LogP contribution in [-0.4, -0.2) is 12.3 Å². The summed E-state index contributed by atoms with van der Waals surface area (Å²) in [5.41, 5.74) is 6.71. The molecule has 0 amide bonds. The van der Waals surface area contributed by atoms with E-state index in [-0.39, 0.29) is 5.82 Å². The molecule has 0 saturated carbocycles. The second-order valence-electron chi connectivity index (χ2n) is 3.59. The predicted octanol–water partition coefficient (Wildman–Crippen LogP) is 2.75. The molecule has 2 rings (SSSR count). The van der Waals surface area contributed by atoms with Crippen LogP contribution in [-0.2, 0) is 0 Å². The summed E-state index contributed by atoms with van der Waals surface area (Å²) in [4.78, 5) is 1.23. The molecule has 2 N–H and O–H groups in total. The molecule has 3 heteroatoms. The van der Waals surface area contributed by atoms with Gasteiger partial charge < -0.3 is 5.73 Å². The van der Waals surface area contributed by atoms with E-state index in [4.69, 9.17) is 5.73 Å². The maximum absolute atomic E-state index is 13.1. The van der Waals surface area contributed by atoms with Gasteiger partial charge in [-0.3, -0.25) is 0 Å². The molecule has 0 aliphatic carbocycles. The van der Waals surface area contributed by atoms with Crippen LogP contribution in [0.15, 0.2) is 23.1 Å². The number of fused-ring (bicyclic) bond motifs is 1. The van der Waals surface area contributed by atoms with Gasteiger partial charge in [-0.15, -0.1) is 11.8 Å². The first kappa shape index (κ1) is 9.99. The lowest BCUT2D eigenvalue weighted by Gasteiger charge is -2.24. The highest BCUT2D eigenvalue weighted by Gasteiger charge is 2.20. The Labute approximate surface area is 87.9 Å². The van der Waals surface area contributed by atoms with Gasteiger partial charge in [0.15, 0.2) is 0 Å². The lowest BCUT2D eigenvalue weighted by Crippen LogP contribution is -2.12. The SMILES string of the molecule is NCCC1CCSc2ccc(F)cc21. The van der Waals surface area contributed by atoms with E-state index in [1.807, 2.05) is 17.8 Å². The summed E-state index contributed by atoms with van der Waals surface area (Å²) in [6.45, 7) is 0.686. The van der Waals surface area contributed by atoms with Crippen LogP contribution < -0.4 is 5.73 Å². The molecule has 76 valence electrons. The molecule has 0 fully saturated rings. The first-order valence-corrected chi connectivity index (χ1v) is 5.92. The lowest BCUT2D eigenvalue weighted by atomic mass is 9.92. The van der Waals surface area contributed by atoms with Gasteiger partial charge in [0.05, 0.1) is 0 Å². The van der Waals surface area contributed by atoms with Crippen LogP contribution in [0.25, 0.3) is 0 Å². The summed E-state index contributed by atoms with van der Waals surface area (Å²) >= 11 is 1.82. The molecule has 0 aromatic heterocycles. The zero-order valence-corrected chi connectivity index (χ0v) is 8.82. The van der Waals surface area contributed by atoms with Crippen LogP contribution in [0.3, 0.4) is 0 Å². The van der Waals surface area contributed by atoms with Gasteiger partial charge in [-0.05, 0) is 54.8 Å². The van der Waals surface area contributed by atoms with Crippen molar-refractivity contribution in [2.75, 3.05) is 12.3 Å². The van der Waals surface area contributed by atoms with Crippen LogP contribution in [0.4, 0.5) is 4.39 Å². The molecule has 0 spiro atoms. The fraction of sp³-hybridized carbons (Fsp3) is 0.455. The van der Waals surface area contributed by atoms with Crippen molar-refractivity contribution in [3.8, 4) is 0 Å². The van der Waals surface area contributed by atoms with E-state index in [0.29, 0.717) is 12.5 Å². The molecular weight excluding hydrogens is 197 g/mol. The Bertz CT molecular complexity index is 327. The Morgan fingerprint density at radius 1 is 1.50 bits per heavy atom. The van der Waals surface area contributed by atoms with Crippen molar-refractivity contribution in [3.63, 3.8) is 0 Å². The predicted molar refractivity (Wildman–Crippen MR) is 58.2 cm³/mol. The average molecular weight is 211 g/mol. The van der Waals surface area contributed by atoms with E-state index in [1.54, 1.807) is 6.07 Å². The van der Waals surface area contributed by atoms with Crippen LogP contribution in [0.2, 0.25) is 0 Å². The van der Waals surface area contributed by atoms with Gasteiger partial charge in [-0.1, -0.05) is 0 Å². The molecule has 14 heavy (non-hydrogen) atoms. The van der Waals surface area contributed by atoms with Gasteiger partial charge in [-0.2, -0.15) is 0 Å². The molecule has 1 aromatic carbocycles. The molecule has 1 nitrogen and oxygen atoms in total. The Balaban J connectivity index is 2.32. The van der Waals surface area contributed by atoms with Gasteiger partial charge in [-0.25, -0.2) is 4.39 Å². The Kier molecular flexibility index (Phi) is 3.08. The van der Waals surface area contributed by atoms with Crippen molar-refractivity contribution in [1.82, 2.24) is 0 Å². The largest absolute Gasteiger partial charge is 0.330 e. The molecule has 1 aliphatic rings. The number of rotatable bonds is 2. The smallest absolute Gasteiger partial charge is 0.123 e. The maximum Gasteiger partial charge on any atom is 0.123 e. The van der Waals surface area contributed by atoms with Crippen molar-refractivity contribution >= 4 is 11.8 Å². The minimum atomic E-state index is -0.131. The van der Waals surface area contributed by atoms with Gasteiger partial charge in [0, 0.05) is 4.90 Å². The molecule has 1 aromatic rings. The number of nitrogens with two attached hydrogens (primary N) is 1. The summed E-state index contributed by atoms with van der Waals surface area (Å²) in [5.74, 6) is 1.46. The number of benzene rings is 1. The molecular formula is C11H14FNS. The Morgan fingerprint density at radius 3 is 3.14 bits per heavy atom. The summed E-state index contributed by atoms with van der Waals surface area (Å²) < 4.78 is 13.1. The molecule has 0 saturated heterocycles. The van der Waals surface area contributed by atoms with Gasteiger partial charge >= 0.3 is 0 Å². The van der Waals surface area contributed by atoms with Gasteiger partial charge in [0.1, 0.15) is 5.82 Å². The normalized spacial score (nSPS) is 20.6. The van der Waals surface area contributed by atoms with E-state index >= 15 is 0 Å². The van der Waals surface area contributed by atoms with Crippen LogP contribution in [0.5, 0.6) is 0 Å². The quantitative estimate of drug-likeness (QED) is 0.814. The number of halogens is 1. The average Bonchev–Trinajstić information content (AvgIpc) is 2.19. The van der Waals surface area contributed by atoms with Gasteiger partial charge in [0.25, 0.3) is 0 Å². The molecule has 0 bridgehead atoms. The molecule has 1 heterocycles. The first-order chi connectivity index (χ1) is 6.81. The second-order valence-corrected chi connectivity index (χ2v) is 4.73. The highest BCUT2D eigenvalue weighted by atomic mass is 32.2. The van der Waals surface area contributed by atoms with Crippen LogP contribution in [0.1, 0.15) is 24.3 Å². The number of hydrogen-bond donors (Lipinski definition) is 1. The topological polar surface area (TPSA) is 26.0 Å². The van der Waals surface area contributed by atoms with Crippen molar-refractivity contribution in [2.24, 2.45) is 5.73 Å². The molecule has 1 atom stereocenters. The van der Waals surface area contributed by atoms with E-state index in [0.717, 1.165) is 24.2 Å². The van der Waals surface area contributed by atoms with Gasteiger partial charge in [0.2, 0.25) is 0 Å². The van der Waals surface area contributed by atoms with E-state index in [9.17, 15) is 4.39 Å². The highest BCUT2D eigenvalue weighted by Crippen LogP contribution is 2.39. The third-order valence-corrected chi connectivity index (χ3v) is 3.77. The maximum atomic E-state index is 13.1. The van der Waals surface area contributed by atoms with Crippen molar-refractivity contribution in [1.29, 1.82) is 0 Å². The summed E-state index contributed by atoms with van der Waals surface area (Å²) in [7, 11) is 0. The van der Waals surface area contributed by atoms with E-state index in [2.05, 4.69) is 0 Å². The summed E-state index contributed by atoms with van der Waals surface area (Å²) in [5, 5.41) is 0. The Morgan fingerprint density at radius 2 is 2.36 bits per heavy atom. The first-order valence-electron chi connectivity index (χ1n) is 4.93. The minimum absolute atomic E-state index is 0.131. The fourth-order valence-corrected chi connectivity index (χ4v) is 3.12. The molecule has 1 aliphatic heterocycles. The zero-order valence-electron chi connectivity index (χ0n) is 8.00. The lowest BCUT2D eigenvalue weighted by molar-refractivity contribution is 0.581. The van der Waals surface area contributed by atoms with Crippen LogP contribution >= 0.6 is 11.8 Å². The number of thioether (sulfide) groups is 1. The third kappa shape index (κ3) is 1.93. The summed E-state index contributed by atoms with van der Waals surface area (Å²) in [6.07, 6.45) is 2.09. The van der Waals surface area contributed by atoms with E-state index < -0.39 is 0 Å². The van der Waals surface area contributed by atoms with Crippen molar-refractivity contribution < 1.29 is 4.39 Å². The monoisotopic (exact) mass is 211 g/mol. The molecule has 1 unspecified atom stereocenters. The third-order valence-electron chi connectivity index (χ3n) is 2.65. The second kappa shape index (κ2) is 4.32. The van der Waals surface area contributed by atoms with Crippen LogP contribution in [0, 0.1) is 5.82 Å². The van der Waals surface area contributed by atoms with Crippen molar-refractivity contribution in [2.45, 2.75) is 23.7 Å². The molecule has 0 radical (unpaired) electrons. The highest BCUT2D eigenvalue weighted by molar-refractivity contribution is 7.99. The van der Waals surface area contributed by atoms with Crippen molar-refractivity contribution in [3.05, 3.63) is 29.6 Å². The fourth-order valence-electron chi connectivity index (χ4n) is 1.94. The van der Waals surface area contributed by atoms with E-state index in [1.165, 1.54) is 11.0 Å². The standard InChI is InChI=1S/C11H14FNS/c12-9-1-2-11-10(7-9)8(3-5-13)4-6-14-11/h1-2,7-8H,3-6,13H2. The zero-order chi connectivity index (χ0) is 9.97.